The van der Waals surface area contributed by atoms with Crippen molar-refractivity contribution in [1.82, 2.24) is 0 Å². The number of rotatable bonds is 2. The van der Waals surface area contributed by atoms with Crippen LogP contribution in [0.3, 0.4) is 0 Å². The van der Waals surface area contributed by atoms with Gasteiger partial charge in [-0.05, 0) is 19.4 Å². The molecule has 1 heterocycles. The van der Waals surface area contributed by atoms with Crippen LogP contribution in [0.15, 0.2) is 24.3 Å². The van der Waals surface area contributed by atoms with Gasteiger partial charge in [-0.25, -0.2) is 0 Å². The molecule has 0 saturated carbocycles. The Hall–Kier alpha value is -0.860. The van der Waals surface area contributed by atoms with Gasteiger partial charge in [0.1, 0.15) is 0 Å². The topological polar surface area (TPSA) is 18.5 Å². The minimum Gasteiger partial charge on any atom is -0.349 e. The Morgan fingerprint density at radius 3 is 2.69 bits per heavy atom. The second kappa shape index (κ2) is 3.48. The smallest absolute Gasteiger partial charge is 0.184 e. The Morgan fingerprint density at radius 2 is 2.00 bits per heavy atom. The molecule has 0 saturated heterocycles. The Bertz CT molecular complexity index is 296. The lowest BCUT2D eigenvalue weighted by Crippen LogP contribution is -2.01. The first-order chi connectivity index (χ1) is 6.33. The zero-order valence-electron chi connectivity index (χ0n) is 7.99. The molecule has 2 atom stereocenters. The maximum atomic E-state index is 5.65. The largest absolute Gasteiger partial charge is 0.349 e. The minimum atomic E-state index is -0.156. The summed E-state index contributed by atoms with van der Waals surface area (Å²) < 4.78 is 11.1. The van der Waals surface area contributed by atoms with Crippen molar-refractivity contribution in [3.8, 4) is 0 Å². The van der Waals surface area contributed by atoms with Crippen LogP contribution in [-0.4, -0.2) is 6.61 Å². The fraction of sp³-hybridized carbons (Fsp3) is 0.455. The molecule has 1 aliphatic rings. The molecule has 2 rings (SSSR count). The molecule has 2 heteroatoms. The van der Waals surface area contributed by atoms with Crippen molar-refractivity contribution in [2.45, 2.75) is 26.2 Å². The summed E-state index contributed by atoms with van der Waals surface area (Å²) in [5.74, 6) is 0. The van der Waals surface area contributed by atoms with E-state index in [1.165, 1.54) is 11.1 Å². The van der Waals surface area contributed by atoms with Crippen LogP contribution in [-0.2, 0) is 9.47 Å². The Balaban J connectivity index is 2.30. The van der Waals surface area contributed by atoms with E-state index in [0.717, 1.165) is 0 Å². The molecule has 13 heavy (non-hydrogen) atoms. The maximum Gasteiger partial charge on any atom is 0.184 e. The first-order valence-corrected chi connectivity index (χ1v) is 4.68. The van der Waals surface area contributed by atoms with Crippen LogP contribution in [0.2, 0.25) is 0 Å². The maximum absolute atomic E-state index is 5.65. The van der Waals surface area contributed by atoms with Crippen molar-refractivity contribution in [3.05, 3.63) is 35.4 Å². The standard InChI is InChI=1S/C11H14O2/c1-3-12-11-10-7-5-4-6-9(10)8(2)13-11/h4-8,11H,3H2,1-2H3. The summed E-state index contributed by atoms with van der Waals surface area (Å²) in [5, 5.41) is 0. The Kier molecular flexibility index (Phi) is 2.34. The first-order valence-electron chi connectivity index (χ1n) is 4.68. The molecule has 0 radical (unpaired) electrons. The van der Waals surface area contributed by atoms with E-state index >= 15 is 0 Å². The quantitative estimate of drug-likeness (QED) is 0.693. The highest BCUT2D eigenvalue weighted by Crippen LogP contribution is 2.38. The van der Waals surface area contributed by atoms with Crippen LogP contribution < -0.4 is 0 Å². The number of hydrogen-bond acceptors (Lipinski definition) is 2. The molecule has 1 aliphatic heterocycles. The highest BCUT2D eigenvalue weighted by molar-refractivity contribution is 5.32. The van der Waals surface area contributed by atoms with Crippen molar-refractivity contribution in [2.75, 3.05) is 6.61 Å². The average Bonchev–Trinajstić information content (AvgIpc) is 2.46. The highest BCUT2D eigenvalue weighted by Gasteiger charge is 2.28. The summed E-state index contributed by atoms with van der Waals surface area (Å²) in [6.45, 7) is 4.72. The molecule has 1 aromatic carbocycles. The summed E-state index contributed by atoms with van der Waals surface area (Å²) >= 11 is 0. The van der Waals surface area contributed by atoms with Gasteiger partial charge in [-0.2, -0.15) is 0 Å². The summed E-state index contributed by atoms with van der Waals surface area (Å²) in [4.78, 5) is 0. The molecule has 0 fully saturated rings. The molecule has 0 bridgehead atoms. The third-order valence-electron chi connectivity index (χ3n) is 2.33. The molecule has 1 aromatic rings. The monoisotopic (exact) mass is 178 g/mol. The van der Waals surface area contributed by atoms with Crippen LogP contribution in [0.5, 0.6) is 0 Å². The third-order valence-corrected chi connectivity index (χ3v) is 2.33. The van der Waals surface area contributed by atoms with Crippen LogP contribution in [0.4, 0.5) is 0 Å². The molecule has 2 nitrogen and oxygen atoms in total. The fourth-order valence-electron chi connectivity index (χ4n) is 1.71. The molecular weight excluding hydrogens is 164 g/mol. The molecule has 0 spiro atoms. The number of benzene rings is 1. The van der Waals surface area contributed by atoms with Gasteiger partial charge in [0.05, 0.1) is 6.10 Å². The Labute approximate surface area is 78.5 Å². The molecular formula is C11H14O2. The van der Waals surface area contributed by atoms with E-state index in [4.69, 9.17) is 9.47 Å². The van der Waals surface area contributed by atoms with E-state index < -0.39 is 0 Å². The molecule has 0 aromatic heterocycles. The predicted octanol–water partition coefficient (Wildman–Crippen LogP) is 2.81. The van der Waals surface area contributed by atoms with Crippen molar-refractivity contribution in [3.63, 3.8) is 0 Å². The SMILES string of the molecule is CCOC1OC(C)c2ccccc21. The predicted molar refractivity (Wildman–Crippen MR) is 50.3 cm³/mol. The van der Waals surface area contributed by atoms with E-state index in [-0.39, 0.29) is 12.4 Å². The van der Waals surface area contributed by atoms with Gasteiger partial charge >= 0.3 is 0 Å². The first kappa shape index (κ1) is 8.73. The van der Waals surface area contributed by atoms with Crippen LogP contribution in [0.1, 0.15) is 37.4 Å². The van der Waals surface area contributed by atoms with Gasteiger partial charge in [0.15, 0.2) is 6.29 Å². The second-order valence-electron chi connectivity index (χ2n) is 3.19. The Morgan fingerprint density at radius 1 is 1.31 bits per heavy atom. The van der Waals surface area contributed by atoms with Gasteiger partial charge < -0.3 is 9.47 Å². The van der Waals surface area contributed by atoms with Crippen molar-refractivity contribution in [2.24, 2.45) is 0 Å². The molecule has 2 unspecified atom stereocenters. The number of ether oxygens (including phenoxy) is 2. The van der Waals surface area contributed by atoms with Crippen LogP contribution in [0, 0.1) is 0 Å². The van der Waals surface area contributed by atoms with Crippen molar-refractivity contribution >= 4 is 0 Å². The fourth-order valence-corrected chi connectivity index (χ4v) is 1.71. The zero-order valence-corrected chi connectivity index (χ0v) is 7.99. The molecule has 0 amide bonds. The summed E-state index contributed by atoms with van der Waals surface area (Å²) in [6.07, 6.45) is 0.00366. The molecule has 70 valence electrons. The number of fused-ring (bicyclic) bond motifs is 1. The summed E-state index contributed by atoms with van der Waals surface area (Å²) in [7, 11) is 0. The summed E-state index contributed by atoms with van der Waals surface area (Å²) in [5.41, 5.74) is 2.43. The lowest BCUT2D eigenvalue weighted by Gasteiger charge is -2.11. The van der Waals surface area contributed by atoms with Crippen molar-refractivity contribution < 1.29 is 9.47 Å². The van der Waals surface area contributed by atoms with Crippen LogP contribution >= 0.6 is 0 Å². The highest BCUT2D eigenvalue weighted by atomic mass is 16.7. The minimum absolute atomic E-state index is 0.156. The normalized spacial score (nSPS) is 26.0. The van der Waals surface area contributed by atoms with Gasteiger partial charge in [0.25, 0.3) is 0 Å². The van der Waals surface area contributed by atoms with E-state index in [0.29, 0.717) is 6.61 Å². The van der Waals surface area contributed by atoms with Gasteiger partial charge in [-0.15, -0.1) is 0 Å². The zero-order chi connectivity index (χ0) is 9.26. The number of hydrogen-bond donors (Lipinski definition) is 0. The second-order valence-corrected chi connectivity index (χ2v) is 3.19. The van der Waals surface area contributed by atoms with E-state index in [1.807, 2.05) is 19.1 Å². The molecule has 0 aliphatic carbocycles. The van der Waals surface area contributed by atoms with Gasteiger partial charge in [0.2, 0.25) is 0 Å². The lowest BCUT2D eigenvalue weighted by atomic mass is 10.1. The lowest BCUT2D eigenvalue weighted by molar-refractivity contribution is -0.152. The molecule has 0 N–H and O–H groups in total. The van der Waals surface area contributed by atoms with Gasteiger partial charge in [-0.3, -0.25) is 0 Å². The van der Waals surface area contributed by atoms with Crippen molar-refractivity contribution in [1.29, 1.82) is 0 Å². The average molecular weight is 178 g/mol. The van der Waals surface area contributed by atoms with E-state index in [2.05, 4.69) is 19.1 Å². The van der Waals surface area contributed by atoms with Gasteiger partial charge in [0, 0.05) is 12.2 Å². The van der Waals surface area contributed by atoms with E-state index in [1.54, 1.807) is 0 Å². The third kappa shape index (κ3) is 1.47. The van der Waals surface area contributed by atoms with Gasteiger partial charge in [-0.1, -0.05) is 24.3 Å². The van der Waals surface area contributed by atoms with E-state index in [9.17, 15) is 0 Å². The summed E-state index contributed by atoms with van der Waals surface area (Å²) in [6, 6.07) is 8.22. The van der Waals surface area contributed by atoms with Crippen LogP contribution in [0.25, 0.3) is 0 Å².